The molecule has 0 aliphatic carbocycles. The Morgan fingerprint density at radius 2 is 2.29 bits per heavy atom. The molecule has 0 fully saturated rings. The monoisotopic (exact) mass is 239 g/mol. The molecule has 0 aliphatic rings. The van der Waals surface area contributed by atoms with Gasteiger partial charge in [-0.2, -0.15) is 0 Å². The number of aliphatic hydroxyl groups excluding tert-OH is 1. The minimum absolute atomic E-state index is 0.00267. The van der Waals surface area contributed by atoms with E-state index < -0.39 is 12.2 Å². The molecule has 1 aromatic heterocycles. The number of rotatable bonds is 5. The Kier molecular flexibility index (Phi) is 4.42. The van der Waals surface area contributed by atoms with Crippen LogP contribution in [0.1, 0.15) is 12.6 Å². The first kappa shape index (κ1) is 13.4. The summed E-state index contributed by atoms with van der Waals surface area (Å²) in [6.07, 6.45) is 1.59. The Labute approximate surface area is 99.5 Å². The molecule has 0 saturated heterocycles. The molecule has 0 aliphatic heterocycles. The fourth-order valence-corrected chi connectivity index (χ4v) is 1.11. The van der Waals surface area contributed by atoms with Crippen LogP contribution in [0.3, 0.4) is 0 Å². The van der Waals surface area contributed by atoms with Gasteiger partial charge >= 0.3 is 0 Å². The van der Waals surface area contributed by atoms with Crippen molar-refractivity contribution in [2.75, 3.05) is 18.9 Å². The van der Waals surface area contributed by atoms with E-state index in [-0.39, 0.29) is 18.9 Å². The number of aliphatic hydroxyl groups is 2. The minimum Gasteiger partial charge on any atom is -0.397 e. The van der Waals surface area contributed by atoms with Gasteiger partial charge in [-0.15, -0.1) is 0 Å². The summed E-state index contributed by atoms with van der Waals surface area (Å²) < 4.78 is 0. The van der Waals surface area contributed by atoms with E-state index in [9.17, 15) is 9.90 Å². The maximum atomic E-state index is 11.5. The minimum atomic E-state index is -1.30. The SMILES string of the molecule is CC(O)(CO)CNC(=O)Cc1ccc(N)cn1. The average Bonchev–Trinajstić information content (AvgIpc) is 2.30. The largest absolute Gasteiger partial charge is 0.397 e. The Balaban J connectivity index is 2.42. The topological polar surface area (TPSA) is 108 Å². The summed E-state index contributed by atoms with van der Waals surface area (Å²) in [5, 5.41) is 20.8. The molecule has 0 radical (unpaired) electrons. The third-order valence-electron chi connectivity index (χ3n) is 2.20. The molecule has 0 bridgehead atoms. The number of carbonyl (C=O) groups is 1. The lowest BCUT2D eigenvalue weighted by atomic mass is 10.1. The molecule has 5 N–H and O–H groups in total. The zero-order valence-corrected chi connectivity index (χ0v) is 9.68. The number of hydrogen-bond donors (Lipinski definition) is 4. The van der Waals surface area contributed by atoms with E-state index in [0.717, 1.165) is 0 Å². The summed E-state index contributed by atoms with van der Waals surface area (Å²) in [6.45, 7) is 1.03. The number of nitrogens with two attached hydrogens (primary N) is 1. The molecule has 1 amide bonds. The number of nitrogens with one attached hydrogen (secondary N) is 1. The number of nitrogen functional groups attached to an aromatic ring is 1. The fourth-order valence-electron chi connectivity index (χ4n) is 1.11. The van der Waals surface area contributed by atoms with Crippen molar-refractivity contribution in [2.24, 2.45) is 0 Å². The predicted octanol–water partition coefficient (Wildman–Crippen LogP) is -0.934. The summed E-state index contributed by atoms with van der Waals surface area (Å²) in [6, 6.07) is 3.33. The molecule has 0 spiro atoms. The molecule has 1 atom stereocenters. The molecule has 0 saturated carbocycles. The lowest BCUT2D eigenvalue weighted by molar-refractivity contribution is -0.122. The van der Waals surface area contributed by atoms with Crippen LogP contribution in [0.4, 0.5) is 5.69 Å². The maximum Gasteiger partial charge on any atom is 0.226 e. The highest BCUT2D eigenvalue weighted by molar-refractivity contribution is 5.78. The lowest BCUT2D eigenvalue weighted by Crippen LogP contribution is -2.43. The van der Waals surface area contributed by atoms with E-state index in [1.165, 1.54) is 13.1 Å². The smallest absolute Gasteiger partial charge is 0.226 e. The Bertz CT molecular complexity index is 376. The van der Waals surface area contributed by atoms with Gasteiger partial charge in [0.05, 0.1) is 24.9 Å². The number of hydrogen-bond acceptors (Lipinski definition) is 5. The first-order valence-corrected chi connectivity index (χ1v) is 5.23. The first-order chi connectivity index (χ1) is 7.93. The van der Waals surface area contributed by atoms with Crippen molar-refractivity contribution >= 4 is 11.6 Å². The van der Waals surface area contributed by atoms with E-state index in [1.807, 2.05) is 0 Å². The summed E-state index contributed by atoms with van der Waals surface area (Å²) >= 11 is 0. The second-order valence-corrected chi connectivity index (χ2v) is 4.19. The van der Waals surface area contributed by atoms with E-state index >= 15 is 0 Å². The van der Waals surface area contributed by atoms with Gasteiger partial charge in [-0.3, -0.25) is 9.78 Å². The van der Waals surface area contributed by atoms with E-state index in [1.54, 1.807) is 12.1 Å². The van der Waals surface area contributed by atoms with Crippen LogP contribution in [0, 0.1) is 0 Å². The highest BCUT2D eigenvalue weighted by Gasteiger charge is 2.19. The van der Waals surface area contributed by atoms with Crippen molar-refractivity contribution in [3.8, 4) is 0 Å². The summed E-state index contributed by atoms with van der Waals surface area (Å²) in [5.41, 5.74) is 5.30. The third-order valence-corrected chi connectivity index (χ3v) is 2.20. The zero-order valence-electron chi connectivity index (χ0n) is 9.68. The van der Waals surface area contributed by atoms with Crippen LogP contribution in [0.2, 0.25) is 0 Å². The van der Waals surface area contributed by atoms with Crippen LogP contribution in [0.5, 0.6) is 0 Å². The van der Waals surface area contributed by atoms with Crippen LogP contribution < -0.4 is 11.1 Å². The molecule has 6 nitrogen and oxygen atoms in total. The highest BCUT2D eigenvalue weighted by Crippen LogP contribution is 2.02. The molecule has 17 heavy (non-hydrogen) atoms. The Morgan fingerprint density at radius 3 is 2.82 bits per heavy atom. The number of anilines is 1. The lowest BCUT2D eigenvalue weighted by Gasteiger charge is -2.20. The Morgan fingerprint density at radius 1 is 1.59 bits per heavy atom. The van der Waals surface area contributed by atoms with Crippen LogP contribution in [0.25, 0.3) is 0 Å². The van der Waals surface area contributed by atoms with Gasteiger partial charge in [0, 0.05) is 12.2 Å². The van der Waals surface area contributed by atoms with Gasteiger partial charge in [0.2, 0.25) is 5.91 Å². The molecular weight excluding hydrogens is 222 g/mol. The number of aromatic nitrogens is 1. The maximum absolute atomic E-state index is 11.5. The quantitative estimate of drug-likeness (QED) is 0.530. The van der Waals surface area contributed by atoms with Crippen molar-refractivity contribution < 1.29 is 15.0 Å². The summed E-state index contributed by atoms with van der Waals surface area (Å²) in [7, 11) is 0. The van der Waals surface area contributed by atoms with Gasteiger partial charge in [-0.05, 0) is 19.1 Å². The number of nitrogens with zero attached hydrogens (tertiary/aromatic N) is 1. The van der Waals surface area contributed by atoms with Gasteiger partial charge in [-0.25, -0.2) is 0 Å². The molecule has 94 valence electrons. The van der Waals surface area contributed by atoms with E-state index in [4.69, 9.17) is 10.8 Å². The van der Waals surface area contributed by atoms with Gasteiger partial charge < -0.3 is 21.3 Å². The zero-order chi connectivity index (χ0) is 12.9. The summed E-state index contributed by atoms with van der Waals surface area (Å²) in [4.78, 5) is 15.5. The Hall–Kier alpha value is -1.66. The van der Waals surface area contributed by atoms with Crippen LogP contribution >= 0.6 is 0 Å². The van der Waals surface area contributed by atoms with E-state index in [0.29, 0.717) is 11.4 Å². The van der Waals surface area contributed by atoms with Gasteiger partial charge in [0.15, 0.2) is 0 Å². The molecule has 1 aromatic rings. The number of amides is 1. The van der Waals surface area contributed by atoms with Crippen molar-refractivity contribution in [1.82, 2.24) is 10.3 Å². The van der Waals surface area contributed by atoms with Crippen molar-refractivity contribution in [3.05, 3.63) is 24.0 Å². The number of pyridine rings is 1. The molecule has 1 heterocycles. The molecular formula is C11H17N3O3. The van der Waals surface area contributed by atoms with Gasteiger partial charge in [0.25, 0.3) is 0 Å². The standard InChI is InChI=1S/C11H17N3O3/c1-11(17,7-15)6-14-10(16)4-9-3-2-8(12)5-13-9/h2-3,5,15,17H,4,6-7,12H2,1H3,(H,14,16). The second-order valence-electron chi connectivity index (χ2n) is 4.19. The average molecular weight is 239 g/mol. The van der Waals surface area contributed by atoms with Gasteiger partial charge in [0.1, 0.15) is 5.60 Å². The number of carbonyl (C=O) groups excluding carboxylic acids is 1. The fraction of sp³-hybridized carbons (Fsp3) is 0.455. The van der Waals surface area contributed by atoms with Crippen molar-refractivity contribution in [3.63, 3.8) is 0 Å². The van der Waals surface area contributed by atoms with Crippen molar-refractivity contribution in [1.29, 1.82) is 0 Å². The van der Waals surface area contributed by atoms with Crippen LogP contribution in [-0.2, 0) is 11.2 Å². The van der Waals surface area contributed by atoms with Gasteiger partial charge in [-0.1, -0.05) is 0 Å². The predicted molar refractivity (Wildman–Crippen MR) is 63.1 cm³/mol. The highest BCUT2D eigenvalue weighted by atomic mass is 16.3. The molecule has 6 heteroatoms. The second kappa shape index (κ2) is 5.60. The van der Waals surface area contributed by atoms with Crippen LogP contribution in [-0.4, -0.2) is 39.9 Å². The normalized spacial score (nSPS) is 14.1. The third kappa shape index (κ3) is 4.80. The van der Waals surface area contributed by atoms with Crippen LogP contribution in [0.15, 0.2) is 18.3 Å². The van der Waals surface area contributed by atoms with Crippen molar-refractivity contribution in [2.45, 2.75) is 18.9 Å². The summed E-state index contributed by atoms with van der Waals surface area (Å²) in [5.74, 6) is -0.268. The molecule has 1 rings (SSSR count). The first-order valence-electron chi connectivity index (χ1n) is 5.23. The molecule has 0 aromatic carbocycles. The molecule has 1 unspecified atom stereocenters. The van der Waals surface area contributed by atoms with E-state index in [2.05, 4.69) is 10.3 Å².